The number of rotatable bonds is 5. The molecule has 0 spiro atoms. The Balaban J connectivity index is 4.23. The van der Waals surface area contributed by atoms with Crippen molar-refractivity contribution in [1.29, 1.82) is 0 Å². The fourth-order valence-electron chi connectivity index (χ4n) is 1.05. The molecule has 0 aliphatic carbocycles. The second-order valence-corrected chi connectivity index (χ2v) is 3.21. The lowest BCUT2D eigenvalue weighted by molar-refractivity contribution is 0.495. The molecule has 0 bridgehead atoms. The van der Waals surface area contributed by atoms with E-state index >= 15 is 0 Å². The predicted molar refractivity (Wildman–Crippen MR) is 60.4 cm³/mol. The Morgan fingerprint density at radius 3 is 2.54 bits per heavy atom. The van der Waals surface area contributed by atoms with Gasteiger partial charge in [-0.1, -0.05) is 32.1 Å². The van der Waals surface area contributed by atoms with Crippen molar-refractivity contribution in [2.45, 2.75) is 33.6 Å². The fraction of sp³-hybridized carbons (Fsp3) is 0.500. The van der Waals surface area contributed by atoms with Crippen LogP contribution in [0.2, 0.25) is 0 Å². The number of hydrogen-bond donors (Lipinski definition) is 0. The molecule has 1 heteroatoms. The van der Waals surface area contributed by atoms with Crippen LogP contribution < -0.4 is 0 Å². The molecular formula is C12H21N. The Labute approximate surface area is 82.4 Å². The summed E-state index contributed by atoms with van der Waals surface area (Å²) < 4.78 is 0. The van der Waals surface area contributed by atoms with Crippen LogP contribution in [0.5, 0.6) is 0 Å². The van der Waals surface area contributed by atoms with Gasteiger partial charge in [-0.05, 0) is 26.3 Å². The molecule has 0 aliphatic heterocycles. The summed E-state index contributed by atoms with van der Waals surface area (Å²) in [6.45, 7) is 10.3. The van der Waals surface area contributed by atoms with Crippen molar-refractivity contribution in [1.82, 2.24) is 4.90 Å². The summed E-state index contributed by atoms with van der Waals surface area (Å²) in [4.78, 5) is 2.14. The molecule has 0 heterocycles. The first-order valence-electron chi connectivity index (χ1n) is 4.84. The van der Waals surface area contributed by atoms with Crippen molar-refractivity contribution < 1.29 is 0 Å². The van der Waals surface area contributed by atoms with E-state index in [2.05, 4.69) is 38.5 Å². The Morgan fingerprint density at radius 1 is 1.46 bits per heavy atom. The highest BCUT2D eigenvalue weighted by atomic mass is 15.1. The molecule has 0 atom stereocenters. The highest BCUT2D eigenvalue weighted by Crippen LogP contribution is 2.12. The molecule has 0 amide bonds. The van der Waals surface area contributed by atoms with Gasteiger partial charge >= 0.3 is 0 Å². The Morgan fingerprint density at radius 2 is 2.08 bits per heavy atom. The molecule has 0 fully saturated rings. The van der Waals surface area contributed by atoms with Crippen LogP contribution >= 0.6 is 0 Å². The first-order chi connectivity index (χ1) is 6.13. The minimum absolute atomic E-state index is 1.07. The number of allylic oxidation sites excluding steroid dienone is 5. The van der Waals surface area contributed by atoms with Gasteiger partial charge in [0.2, 0.25) is 0 Å². The average Bonchev–Trinajstić information content (AvgIpc) is 2.13. The summed E-state index contributed by atoms with van der Waals surface area (Å²) in [5.41, 5.74) is 2.41. The molecule has 0 aromatic rings. The summed E-state index contributed by atoms with van der Waals surface area (Å²) in [7, 11) is 2.06. The normalized spacial score (nSPS) is 12.2. The first kappa shape index (κ1) is 12.0. The van der Waals surface area contributed by atoms with Gasteiger partial charge in [-0.15, -0.1) is 0 Å². The first-order valence-corrected chi connectivity index (χ1v) is 4.84. The third-order valence-corrected chi connectivity index (χ3v) is 2.07. The number of nitrogens with zero attached hydrogens (tertiary/aromatic N) is 1. The minimum atomic E-state index is 1.07. The van der Waals surface area contributed by atoms with E-state index in [1.807, 2.05) is 19.1 Å². The molecule has 0 aromatic carbocycles. The van der Waals surface area contributed by atoms with Gasteiger partial charge in [0.1, 0.15) is 0 Å². The minimum Gasteiger partial charge on any atom is -0.352 e. The van der Waals surface area contributed by atoms with Crippen molar-refractivity contribution in [3.63, 3.8) is 0 Å². The SMILES string of the molecule is C=C(CCC)N(C)/C(C)=C/C=C\C. The summed E-state index contributed by atoms with van der Waals surface area (Å²) in [6.07, 6.45) is 8.39. The van der Waals surface area contributed by atoms with Crippen LogP contribution in [0.15, 0.2) is 36.2 Å². The average molecular weight is 179 g/mol. The maximum absolute atomic E-state index is 4.03. The van der Waals surface area contributed by atoms with Gasteiger partial charge in [-0.2, -0.15) is 0 Å². The maximum atomic E-state index is 4.03. The van der Waals surface area contributed by atoms with Crippen molar-refractivity contribution >= 4 is 0 Å². The van der Waals surface area contributed by atoms with Gasteiger partial charge in [-0.25, -0.2) is 0 Å². The predicted octanol–water partition coefficient (Wildman–Crippen LogP) is 3.71. The molecule has 0 aromatic heterocycles. The summed E-state index contributed by atoms with van der Waals surface area (Å²) in [6, 6.07) is 0. The molecule has 0 rings (SSSR count). The third kappa shape index (κ3) is 4.56. The Bertz CT molecular complexity index is 211. The molecule has 74 valence electrons. The Hall–Kier alpha value is -0.980. The van der Waals surface area contributed by atoms with E-state index in [1.165, 1.54) is 11.4 Å². The topological polar surface area (TPSA) is 3.24 Å². The van der Waals surface area contributed by atoms with Gasteiger partial charge in [0.05, 0.1) is 0 Å². The molecule has 0 aliphatic rings. The molecule has 0 N–H and O–H groups in total. The molecule has 1 nitrogen and oxygen atoms in total. The van der Waals surface area contributed by atoms with E-state index in [1.54, 1.807) is 0 Å². The van der Waals surface area contributed by atoms with Gasteiger partial charge in [-0.3, -0.25) is 0 Å². The standard InChI is InChI=1S/C12H21N/c1-6-8-10-12(4)13(5)11(3)9-7-2/h6,8,10H,3,7,9H2,1-2,4-5H3/b8-6-,12-10+. The fourth-order valence-corrected chi connectivity index (χ4v) is 1.05. The second kappa shape index (κ2) is 6.53. The van der Waals surface area contributed by atoms with Crippen molar-refractivity contribution in [2.24, 2.45) is 0 Å². The number of hydrogen-bond acceptors (Lipinski definition) is 1. The second-order valence-electron chi connectivity index (χ2n) is 3.21. The molecule has 13 heavy (non-hydrogen) atoms. The van der Waals surface area contributed by atoms with Crippen LogP contribution in [-0.4, -0.2) is 11.9 Å². The van der Waals surface area contributed by atoms with E-state index in [0.717, 1.165) is 12.8 Å². The lowest BCUT2D eigenvalue weighted by Gasteiger charge is -2.21. The van der Waals surface area contributed by atoms with Crippen LogP contribution in [0, 0.1) is 0 Å². The van der Waals surface area contributed by atoms with Gasteiger partial charge in [0, 0.05) is 18.4 Å². The Kier molecular flexibility index (Phi) is 6.03. The molecule has 0 saturated heterocycles. The largest absolute Gasteiger partial charge is 0.352 e. The van der Waals surface area contributed by atoms with E-state index in [0.29, 0.717) is 0 Å². The van der Waals surface area contributed by atoms with Gasteiger partial charge < -0.3 is 4.90 Å². The van der Waals surface area contributed by atoms with Crippen LogP contribution in [0.1, 0.15) is 33.6 Å². The van der Waals surface area contributed by atoms with Gasteiger partial charge in [0.15, 0.2) is 0 Å². The van der Waals surface area contributed by atoms with E-state index in [9.17, 15) is 0 Å². The monoisotopic (exact) mass is 179 g/mol. The molecule has 0 unspecified atom stereocenters. The van der Waals surface area contributed by atoms with Crippen LogP contribution in [0.3, 0.4) is 0 Å². The summed E-state index contributed by atoms with van der Waals surface area (Å²) in [5.74, 6) is 0. The van der Waals surface area contributed by atoms with Crippen LogP contribution in [0.25, 0.3) is 0 Å². The smallest absolute Gasteiger partial charge is 0.0142 e. The van der Waals surface area contributed by atoms with E-state index < -0.39 is 0 Å². The highest BCUT2D eigenvalue weighted by Gasteiger charge is 2.01. The van der Waals surface area contributed by atoms with Crippen molar-refractivity contribution in [3.8, 4) is 0 Å². The zero-order valence-corrected chi connectivity index (χ0v) is 9.30. The van der Waals surface area contributed by atoms with Crippen molar-refractivity contribution in [3.05, 3.63) is 36.2 Å². The van der Waals surface area contributed by atoms with E-state index in [4.69, 9.17) is 0 Å². The molecular weight excluding hydrogens is 158 g/mol. The molecule has 0 saturated carbocycles. The summed E-state index contributed by atoms with van der Waals surface area (Å²) >= 11 is 0. The zero-order valence-electron chi connectivity index (χ0n) is 9.30. The lowest BCUT2D eigenvalue weighted by atomic mass is 10.2. The highest BCUT2D eigenvalue weighted by molar-refractivity contribution is 5.13. The third-order valence-electron chi connectivity index (χ3n) is 2.07. The van der Waals surface area contributed by atoms with Crippen LogP contribution in [0.4, 0.5) is 0 Å². The molecule has 0 radical (unpaired) electrons. The van der Waals surface area contributed by atoms with Crippen LogP contribution in [-0.2, 0) is 0 Å². The van der Waals surface area contributed by atoms with Crippen molar-refractivity contribution in [2.75, 3.05) is 7.05 Å². The lowest BCUT2D eigenvalue weighted by Crippen LogP contribution is -2.14. The van der Waals surface area contributed by atoms with E-state index in [-0.39, 0.29) is 0 Å². The summed E-state index contributed by atoms with van der Waals surface area (Å²) in [5, 5.41) is 0. The maximum Gasteiger partial charge on any atom is 0.0142 e. The van der Waals surface area contributed by atoms with Gasteiger partial charge in [0.25, 0.3) is 0 Å². The zero-order chi connectivity index (χ0) is 10.3. The quantitative estimate of drug-likeness (QED) is 0.581.